The maximum atomic E-state index is 11.2. The fourth-order valence-corrected chi connectivity index (χ4v) is 1.86. The molecule has 14 heavy (non-hydrogen) atoms. The van der Waals surface area contributed by atoms with Crippen LogP contribution in [0.5, 0.6) is 0 Å². The molecule has 1 fully saturated rings. The lowest BCUT2D eigenvalue weighted by atomic mass is 9.82. The van der Waals surface area contributed by atoms with Gasteiger partial charge in [-0.25, -0.2) is 5.43 Å². The van der Waals surface area contributed by atoms with Gasteiger partial charge in [0.25, 0.3) is 0 Å². The normalized spacial score (nSPS) is 27.7. The second-order valence-electron chi connectivity index (χ2n) is 3.87. The van der Waals surface area contributed by atoms with E-state index >= 15 is 0 Å². The maximum Gasteiger partial charge on any atom is 0.249 e. The van der Waals surface area contributed by atoms with Crippen LogP contribution in [0.15, 0.2) is 5.10 Å². The number of hydrogen-bond acceptors (Lipinski definition) is 3. The van der Waals surface area contributed by atoms with Crippen molar-refractivity contribution in [1.29, 1.82) is 0 Å². The molecule has 2 heterocycles. The third kappa shape index (κ3) is 2.02. The van der Waals surface area contributed by atoms with E-state index in [1.54, 1.807) is 0 Å². The van der Waals surface area contributed by atoms with Gasteiger partial charge in [0.15, 0.2) is 0 Å². The summed E-state index contributed by atoms with van der Waals surface area (Å²) in [4.78, 5) is 11.2. The molecule has 82 valence electrons. The molecular formula is C8H15Cl2N3O. The van der Waals surface area contributed by atoms with Gasteiger partial charge in [0.2, 0.25) is 5.91 Å². The van der Waals surface area contributed by atoms with E-state index in [9.17, 15) is 4.79 Å². The third-order valence-corrected chi connectivity index (χ3v) is 2.57. The highest BCUT2D eigenvalue weighted by Crippen LogP contribution is 2.24. The van der Waals surface area contributed by atoms with Gasteiger partial charge >= 0.3 is 0 Å². The molecule has 2 rings (SSSR count). The number of halogens is 2. The van der Waals surface area contributed by atoms with Gasteiger partial charge in [0.05, 0.1) is 17.2 Å². The zero-order valence-corrected chi connectivity index (χ0v) is 9.80. The Morgan fingerprint density at radius 2 is 2.07 bits per heavy atom. The van der Waals surface area contributed by atoms with Crippen LogP contribution in [0.1, 0.15) is 20.3 Å². The minimum atomic E-state index is -0.123. The van der Waals surface area contributed by atoms with Gasteiger partial charge < -0.3 is 5.32 Å². The van der Waals surface area contributed by atoms with Gasteiger partial charge in [-0.2, -0.15) is 5.10 Å². The van der Waals surface area contributed by atoms with Crippen molar-refractivity contribution in [2.24, 2.45) is 11.0 Å². The van der Waals surface area contributed by atoms with E-state index < -0.39 is 0 Å². The first-order chi connectivity index (χ1) is 5.61. The van der Waals surface area contributed by atoms with Crippen molar-refractivity contribution in [2.75, 3.05) is 6.54 Å². The summed E-state index contributed by atoms with van der Waals surface area (Å²) in [6, 6.07) is 0. The summed E-state index contributed by atoms with van der Waals surface area (Å²) in [5.41, 5.74) is 3.36. The van der Waals surface area contributed by atoms with E-state index in [0.29, 0.717) is 0 Å². The Kier molecular flexibility index (Phi) is 4.36. The molecule has 0 aromatic heterocycles. The number of nitrogens with one attached hydrogen (secondary N) is 2. The van der Waals surface area contributed by atoms with Crippen molar-refractivity contribution >= 4 is 36.4 Å². The van der Waals surface area contributed by atoms with Crippen LogP contribution in [0.25, 0.3) is 0 Å². The molecule has 2 aliphatic rings. The monoisotopic (exact) mass is 239 g/mol. The van der Waals surface area contributed by atoms with Crippen LogP contribution in [0.2, 0.25) is 0 Å². The zero-order chi connectivity index (χ0) is 8.77. The van der Waals surface area contributed by atoms with Crippen molar-refractivity contribution in [3.63, 3.8) is 0 Å². The standard InChI is InChI=1S/C8H13N3O.2ClH/c1-8(2)6-5(3-4-9-8)7(12)11-10-6;;/h5,9H,3-4H2,1-2H3,(H,11,12);2*1H. The van der Waals surface area contributed by atoms with Crippen LogP contribution >= 0.6 is 24.8 Å². The fraction of sp³-hybridized carbons (Fsp3) is 0.750. The minimum Gasteiger partial charge on any atom is -0.307 e. The van der Waals surface area contributed by atoms with E-state index in [4.69, 9.17) is 0 Å². The molecule has 1 atom stereocenters. The van der Waals surface area contributed by atoms with Gasteiger partial charge in [-0.15, -0.1) is 24.8 Å². The molecule has 1 unspecified atom stereocenters. The van der Waals surface area contributed by atoms with Crippen molar-refractivity contribution in [3.8, 4) is 0 Å². The van der Waals surface area contributed by atoms with E-state index in [0.717, 1.165) is 18.7 Å². The van der Waals surface area contributed by atoms with Crippen molar-refractivity contribution in [2.45, 2.75) is 25.8 Å². The third-order valence-electron chi connectivity index (χ3n) is 2.57. The Labute approximate surface area is 95.7 Å². The number of rotatable bonds is 0. The van der Waals surface area contributed by atoms with Crippen LogP contribution in [0.3, 0.4) is 0 Å². The number of amides is 1. The highest BCUT2D eigenvalue weighted by Gasteiger charge is 2.41. The Morgan fingerprint density at radius 1 is 1.43 bits per heavy atom. The Hall–Kier alpha value is -0.320. The number of fused-ring (bicyclic) bond motifs is 1. The summed E-state index contributed by atoms with van der Waals surface area (Å²) in [5.74, 6) is 0.0702. The van der Waals surface area contributed by atoms with Crippen molar-refractivity contribution in [3.05, 3.63) is 0 Å². The molecule has 0 spiro atoms. The van der Waals surface area contributed by atoms with Crippen LogP contribution in [0.4, 0.5) is 0 Å². The lowest BCUT2D eigenvalue weighted by Gasteiger charge is -2.33. The molecule has 1 saturated heterocycles. The summed E-state index contributed by atoms with van der Waals surface area (Å²) >= 11 is 0. The number of nitrogens with zero attached hydrogens (tertiary/aromatic N) is 1. The highest BCUT2D eigenvalue weighted by molar-refractivity contribution is 6.12. The van der Waals surface area contributed by atoms with Crippen LogP contribution in [-0.4, -0.2) is 23.7 Å². The van der Waals surface area contributed by atoms with Crippen LogP contribution in [-0.2, 0) is 4.79 Å². The Morgan fingerprint density at radius 3 is 2.64 bits per heavy atom. The number of carbonyl (C=O) groups excluding carboxylic acids is 1. The molecule has 0 aliphatic carbocycles. The van der Waals surface area contributed by atoms with Gasteiger partial charge in [0.1, 0.15) is 0 Å². The molecule has 6 heteroatoms. The van der Waals surface area contributed by atoms with E-state index in [1.165, 1.54) is 0 Å². The highest BCUT2D eigenvalue weighted by atomic mass is 35.5. The first-order valence-corrected chi connectivity index (χ1v) is 4.24. The second kappa shape index (κ2) is 4.47. The zero-order valence-electron chi connectivity index (χ0n) is 8.16. The van der Waals surface area contributed by atoms with Crippen molar-refractivity contribution < 1.29 is 4.79 Å². The first kappa shape index (κ1) is 13.7. The average Bonchev–Trinajstić information content (AvgIpc) is 2.33. The van der Waals surface area contributed by atoms with Crippen LogP contribution < -0.4 is 10.7 Å². The molecule has 0 aromatic rings. The van der Waals surface area contributed by atoms with E-state index in [2.05, 4.69) is 29.7 Å². The molecular weight excluding hydrogens is 225 g/mol. The van der Waals surface area contributed by atoms with E-state index in [-0.39, 0.29) is 42.2 Å². The Bertz CT molecular complexity index is 265. The van der Waals surface area contributed by atoms with Crippen molar-refractivity contribution in [1.82, 2.24) is 10.7 Å². The predicted octanol–water partition coefficient (Wildman–Crippen LogP) is 0.704. The van der Waals surface area contributed by atoms with Gasteiger partial charge in [-0.3, -0.25) is 4.79 Å². The molecule has 1 amide bonds. The molecule has 0 radical (unpaired) electrons. The summed E-state index contributed by atoms with van der Waals surface area (Å²) in [7, 11) is 0. The number of carbonyl (C=O) groups is 1. The quantitative estimate of drug-likeness (QED) is 0.655. The lowest BCUT2D eigenvalue weighted by molar-refractivity contribution is -0.122. The summed E-state index contributed by atoms with van der Waals surface area (Å²) in [6.45, 7) is 5.00. The smallest absolute Gasteiger partial charge is 0.249 e. The number of piperidine rings is 1. The summed E-state index contributed by atoms with van der Waals surface area (Å²) in [5, 5.41) is 7.37. The minimum absolute atomic E-state index is 0. The molecule has 0 aromatic carbocycles. The summed E-state index contributed by atoms with van der Waals surface area (Å²) < 4.78 is 0. The molecule has 4 nitrogen and oxygen atoms in total. The number of hydrogen-bond donors (Lipinski definition) is 2. The van der Waals surface area contributed by atoms with Gasteiger partial charge in [-0.05, 0) is 26.8 Å². The molecule has 2 N–H and O–H groups in total. The predicted molar refractivity (Wildman–Crippen MR) is 60.3 cm³/mol. The second-order valence-corrected chi connectivity index (χ2v) is 3.87. The average molecular weight is 240 g/mol. The fourth-order valence-electron chi connectivity index (χ4n) is 1.86. The van der Waals surface area contributed by atoms with Crippen LogP contribution in [0, 0.1) is 5.92 Å². The summed E-state index contributed by atoms with van der Waals surface area (Å²) in [6.07, 6.45) is 0.869. The van der Waals surface area contributed by atoms with Gasteiger partial charge in [-0.1, -0.05) is 0 Å². The molecule has 0 saturated carbocycles. The number of hydrazone groups is 1. The SMILES string of the molecule is CC1(C)NCCC2C(=O)NN=C21.Cl.Cl. The first-order valence-electron chi connectivity index (χ1n) is 4.24. The molecule has 2 aliphatic heterocycles. The van der Waals surface area contributed by atoms with Gasteiger partial charge in [0, 0.05) is 0 Å². The lowest BCUT2D eigenvalue weighted by Crippen LogP contribution is -2.54. The maximum absolute atomic E-state index is 11.2. The largest absolute Gasteiger partial charge is 0.307 e. The topological polar surface area (TPSA) is 53.5 Å². The van der Waals surface area contributed by atoms with E-state index in [1.807, 2.05) is 0 Å². The molecule has 0 bridgehead atoms. The Balaban J connectivity index is 0.000000845.